The largest absolute Gasteiger partial charge is 0.392 e. The van der Waals surface area contributed by atoms with E-state index in [1.54, 1.807) is 6.92 Å². The molecule has 90 valence electrons. The van der Waals surface area contributed by atoms with Gasteiger partial charge in [0.1, 0.15) is 0 Å². The molecule has 0 aromatic carbocycles. The van der Waals surface area contributed by atoms with E-state index in [1.165, 1.54) is 0 Å². The van der Waals surface area contributed by atoms with E-state index in [1.807, 2.05) is 0 Å². The second kappa shape index (κ2) is 8.68. The fraction of sp³-hybridized carbons (Fsp3) is 0.909. The SMILES string of the molecule is CC(C)CCC(=O)NCCNCC(C)O. The molecule has 0 fully saturated rings. The van der Waals surface area contributed by atoms with Crippen LogP contribution >= 0.6 is 0 Å². The first-order valence-corrected chi connectivity index (χ1v) is 5.68. The molecule has 15 heavy (non-hydrogen) atoms. The molecule has 3 N–H and O–H groups in total. The molecule has 0 aliphatic heterocycles. The molecule has 0 bridgehead atoms. The van der Waals surface area contributed by atoms with Gasteiger partial charge in [-0.05, 0) is 19.3 Å². The number of hydrogen-bond acceptors (Lipinski definition) is 3. The monoisotopic (exact) mass is 216 g/mol. The molecular formula is C11H24N2O2. The number of amides is 1. The molecule has 1 unspecified atom stereocenters. The average Bonchev–Trinajstić information content (AvgIpc) is 2.13. The van der Waals surface area contributed by atoms with Gasteiger partial charge >= 0.3 is 0 Å². The van der Waals surface area contributed by atoms with Crippen molar-refractivity contribution >= 4 is 5.91 Å². The highest BCUT2D eigenvalue weighted by atomic mass is 16.3. The molecule has 0 rings (SSSR count). The molecule has 0 heterocycles. The zero-order valence-corrected chi connectivity index (χ0v) is 10.0. The van der Waals surface area contributed by atoms with Crippen LogP contribution in [0.1, 0.15) is 33.6 Å². The maximum absolute atomic E-state index is 11.3. The summed E-state index contributed by atoms with van der Waals surface area (Å²) in [6.07, 6.45) is 1.21. The van der Waals surface area contributed by atoms with Crippen molar-refractivity contribution in [2.24, 2.45) is 5.92 Å². The Morgan fingerprint density at radius 2 is 1.93 bits per heavy atom. The van der Waals surface area contributed by atoms with Crippen molar-refractivity contribution in [3.05, 3.63) is 0 Å². The van der Waals surface area contributed by atoms with Gasteiger partial charge in [-0.25, -0.2) is 0 Å². The Morgan fingerprint density at radius 1 is 1.27 bits per heavy atom. The van der Waals surface area contributed by atoms with E-state index < -0.39 is 0 Å². The molecule has 0 saturated carbocycles. The first-order chi connectivity index (χ1) is 7.02. The highest BCUT2D eigenvalue weighted by molar-refractivity contribution is 5.75. The minimum atomic E-state index is -0.332. The van der Waals surface area contributed by atoms with Gasteiger partial charge in [-0.15, -0.1) is 0 Å². The van der Waals surface area contributed by atoms with Gasteiger partial charge in [-0.3, -0.25) is 4.79 Å². The Labute approximate surface area is 92.4 Å². The number of carbonyl (C=O) groups is 1. The van der Waals surface area contributed by atoms with E-state index >= 15 is 0 Å². The third kappa shape index (κ3) is 11.3. The van der Waals surface area contributed by atoms with Gasteiger partial charge in [0.2, 0.25) is 5.91 Å². The lowest BCUT2D eigenvalue weighted by atomic mass is 10.1. The van der Waals surface area contributed by atoms with Gasteiger partial charge in [0.05, 0.1) is 6.10 Å². The highest BCUT2D eigenvalue weighted by Gasteiger charge is 2.02. The molecule has 0 aromatic heterocycles. The zero-order chi connectivity index (χ0) is 11.7. The van der Waals surface area contributed by atoms with Crippen molar-refractivity contribution in [2.45, 2.75) is 39.7 Å². The Morgan fingerprint density at radius 3 is 2.47 bits per heavy atom. The normalized spacial score (nSPS) is 12.9. The molecule has 4 nitrogen and oxygen atoms in total. The predicted molar refractivity (Wildman–Crippen MR) is 61.6 cm³/mol. The van der Waals surface area contributed by atoms with Crippen LogP contribution in [0.4, 0.5) is 0 Å². The molecule has 0 saturated heterocycles. The van der Waals surface area contributed by atoms with E-state index in [0.29, 0.717) is 32.0 Å². The van der Waals surface area contributed by atoms with E-state index in [4.69, 9.17) is 5.11 Å². The Bertz CT molecular complexity index is 170. The van der Waals surface area contributed by atoms with Crippen molar-refractivity contribution in [1.29, 1.82) is 0 Å². The maximum Gasteiger partial charge on any atom is 0.220 e. The quantitative estimate of drug-likeness (QED) is 0.518. The maximum atomic E-state index is 11.3. The third-order valence-electron chi connectivity index (χ3n) is 2.01. The van der Waals surface area contributed by atoms with Crippen LogP contribution in [0.2, 0.25) is 0 Å². The summed E-state index contributed by atoms with van der Waals surface area (Å²) < 4.78 is 0. The smallest absolute Gasteiger partial charge is 0.220 e. The van der Waals surface area contributed by atoms with Crippen LogP contribution in [0, 0.1) is 5.92 Å². The first-order valence-electron chi connectivity index (χ1n) is 5.68. The summed E-state index contributed by atoms with van der Waals surface area (Å²) in [5.74, 6) is 0.687. The molecule has 0 aromatic rings. The molecular weight excluding hydrogens is 192 g/mol. The van der Waals surface area contributed by atoms with Crippen LogP contribution in [0.5, 0.6) is 0 Å². The molecule has 1 atom stereocenters. The second-order valence-electron chi connectivity index (χ2n) is 4.34. The van der Waals surface area contributed by atoms with E-state index in [9.17, 15) is 4.79 Å². The van der Waals surface area contributed by atoms with Crippen molar-refractivity contribution in [2.75, 3.05) is 19.6 Å². The number of aliphatic hydroxyl groups excluding tert-OH is 1. The molecule has 1 amide bonds. The number of nitrogens with one attached hydrogen (secondary N) is 2. The summed E-state index contributed by atoms with van der Waals surface area (Å²) >= 11 is 0. The molecule has 0 aliphatic carbocycles. The van der Waals surface area contributed by atoms with E-state index in [2.05, 4.69) is 24.5 Å². The van der Waals surface area contributed by atoms with Gasteiger partial charge in [0.25, 0.3) is 0 Å². The van der Waals surface area contributed by atoms with Crippen molar-refractivity contribution in [3.8, 4) is 0 Å². The van der Waals surface area contributed by atoms with Gasteiger partial charge in [0, 0.05) is 26.1 Å². The van der Waals surface area contributed by atoms with Gasteiger partial charge in [-0.1, -0.05) is 13.8 Å². The summed E-state index contributed by atoms with van der Waals surface area (Å²) in [7, 11) is 0. The summed E-state index contributed by atoms with van der Waals surface area (Å²) in [5, 5.41) is 14.8. The minimum Gasteiger partial charge on any atom is -0.392 e. The van der Waals surface area contributed by atoms with Gasteiger partial charge in [0.15, 0.2) is 0 Å². The van der Waals surface area contributed by atoms with Crippen LogP contribution < -0.4 is 10.6 Å². The van der Waals surface area contributed by atoms with Crippen LogP contribution in [0.15, 0.2) is 0 Å². The minimum absolute atomic E-state index is 0.113. The first kappa shape index (κ1) is 14.4. The predicted octanol–water partition coefficient (Wildman–Crippen LogP) is 0.509. The van der Waals surface area contributed by atoms with Crippen LogP contribution in [0.3, 0.4) is 0 Å². The van der Waals surface area contributed by atoms with Crippen molar-refractivity contribution in [3.63, 3.8) is 0 Å². The zero-order valence-electron chi connectivity index (χ0n) is 10.0. The van der Waals surface area contributed by atoms with E-state index in [-0.39, 0.29) is 12.0 Å². The number of hydrogen-bond donors (Lipinski definition) is 3. The Hall–Kier alpha value is -0.610. The second-order valence-corrected chi connectivity index (χ2v) is 4.34. The average molecular weight is 216 g/mol. The third-order valence-corrected chi connectivity index (χ3v) is 2.01. The number of carbonyl (C=O) groups excluding carboxylic acids is 1. The topological polar surface area (TPSA) is 61.4 Å². The molecule has 4 heteroatoms. The fourth-order valence-electron chi connectivity index (χ4n) is 1.11. The lowest BCUT2D eigenvalue weighted by Crippen LogP contribution is -2.34. The van der Waals surface area contributed by atoms with Crippen LogP contribution in [-0.2, 0) is 4.79 Å². The molecule has 0 spiro atoms. The van der Waals surface area contributed by atoms with E-state index in [0.717, 1.165) is 6.42 Å². The lowest BCUT2D eigenvalue weighted by Gasteiger charge is -2.08. The van der Waals surface area contributed by atoms with Crippen molar-refractivity contribution in [1.82, 2.24) is 10.6 Å². The summed E-state index contributed by atoms with van der Waals surface area (Å²) in [6, 6.07) is 0. The number of rotatable bonds is 8. The standard InChI is InChI=1S/C11H24N2O2/c1-9(2)4-5-11(15)13-7-6-12-8-10(3)14/h9-10,12,14H,4-8H2,1-3H3,(H,13,15). The fourth-order valence-corrected chi connectivity index (χ4v) is 1.11. The highest BCUT2D eigenvalue weighted by Crippen LogP contribution is 2.02. The number of aliphatic hydroxyl groups is 1. The van der Waals surface area contributed by atoms with Crippen molar-refractivity contribution < 1.29 is 9.90 Å². The van der Waals surface area contributed by atoms with Gasteiger partial charge < -0.3 is 15.7 Å². The lowest BCUT2D eigenvalue weighted by molar-refractivity contribution is -0.121. The summed E-state index contributed by atoms with van der Waals surface area (Å²) in [6.45, 7) is 7.85. The van der Waals surface area contributed by atoms with Crippen LogP contribution in [-0.4, -0.2) is 36.8 Å². The Kier molecular flexibility index (Phi) is 8.33. The molecule has 0 radical (unpaired) electrons. The van der Waals surface area contributed by atoms with Crippen LogP contribution in [0.25, 0.3) is 0 Å². The van der Waals surface area contributed by atoms with Gasteiger partial charge in [-0.2, -0.15) is 0 Å². The summed E-state index contributed by atoms with van der Waals surface area (Å²) in [5.41, 5.74) is 0. The summed E-state index contributed by atoms with van der Waals surface area (Å²) in [4.78, 5) is 11.3. The Balaban J connectivity index is 3.24. The molecule has 0 aliphatic rings.